The van der Waals surface area contributed by atoms with Crippen molar-refractivity contribution in [2.24, 2.45) is 12.1 Å². The maximum Gasteiger partial charge on any atom is 0.0713 e. The van der Waals surface area contributed by atoms with E-state index in [0.29, 0.717) is 13.2 Å². The van der Waals surface area contributed by atoms with Gasteiger partial charge in [-0.3, -0.25) is 0 Å². The second-order valence-corrected chi connectivity index (χ2v) is 8.61. The van der Waals surface area contributed by atoms with Crippen LogP contribution in [0, 0.1) is 0 Å². The predicted molar refractivity (Wildman–Crippen MR) is 144 cm³/mol. The number of hydrazone groups is 1. The van der Waals surface area contributed by atoms with E-state index in [4.69, 9.17) is 14.6 Å². The summed E-state index contributed by atoms with van der Waals surface area (Å²) in [5.41, 5.74) is 7.71. The number of hydrogen-bond acceptors (Lipinski definition) is 4. The van der Waals surface area contributed by atoms with Crippen molar-refractivity contribution in [2.75, 3.05) is 19.2 Å². The van der Waals surface area contributed by atoms with E-state index >= 15 is 0 Å². The molecule has 4 aromatic carbocycles. The van der Waals surface area contributed by atoms with Crippen molar-refractivity contribution >= 4 is 39.4 Å². The van der Waals surface area contributed by atoms with Gasteiger partial charge in [0.15, 0.2) is 0 Å². The van der Waals surface area contributed by atoms with E-state index in [1.807, 2.05) is 29.4 Å². The lowest BCUT2D eigenvalue weighted by Crippen LogP contribution is -2.09. The highest BCUT2D eigenvalue weighted by Crippen LogP contribution is 2.30. The summed E-state index contributed by atoms with van der Waals surface area (Å²) in [6, 6.07) is 31.5. The fourth-order valence-corrected chi connectivity index (χ4v) is 4.49. The Bertz CT molecular complexity index is 1470. The molecule has 1 heterocycles. The topological polar surface area (TPSA) is 39.0 Å². The van der Waals surface area contributed by atoms with Gasteiger partial charge in [-0.15, -0.1) is 0 Å². The number of nitrogens with zero attached hydrogens (tertiary/aromatic N) is 3. The number of hydrogen-bond donors (Lipinski definition) is 0. The normalized spacial score (nSPS) is 11.6. The van der Waals surface area contributed by atoms with Crippen LogP contribution in [0.25, 0.3) is 21.8 Å². The zero-order valence-electron chi connectivity index (χ0n) is 20.3. The highest BCUT2D eigenvalue weighted by molar-refractivity contribution is 6.09. The van der Waals surface area contributed by atoms with Gasteiger partial charge in [0.2, 0.25) is 0 Å². The van der Waals surface area contributed by atoms with Crippen molar-refractivity contribution in [1.82, 2.24) is 4.57 Å². The summed E-state index contributed by atoms with van der Waals surface area (Å²) in [5.74, 6) is 0. The van der Waals surface area contributed by atoms with Gasteiger partial charge in [-0.1, -0.05) is 48.5 Å². The van der Waals surface area contributed by atoms with Crippen LogP contribution in [-0.4, -0.2) is 25.0 Å². The van der Waals surface area contributed by atoms with E-state index in [-0.39, 0.29) is 0 Å². The summed E-state index contributed by atoms with van der Waals surface area (Å²) in [5, 5.41) is 9.31. The van der Waals surface area contributed by atoms with Crippen LogP contribution in [0.15, 0.2) is 96.1 Å². The van der Waals surface area contributed by atoms with E-state index in [1.165, 1.54) is 27.4 Å². The molecular formula is C30H29N3O2. The third-order valence-corrected chi connectivity index (χ3v) is 6.22. The van der Waals surface area contributed by atoms with Crippen LogP contribution in [0.3, 0.4) is 0 Å². The monoisotopic (exact) mass is 463 g/mol. The van der Waals surface area contributed by atoms with Gasteiger partial charge >= 0.3 is 0 Å². The lowest BCUT2D eigenvalue weighted by atomic mass is 10.1. The minimum atomic E-state index is 0.590. The zero-order valence-corrected chi connectivity index (χ0v) is 20.3. The molecule has 5 aromatic rings. The number of para-hydroxylation sites is 1. The number of ether oxygens (including phenoxy) is 2. The third-order valence-electron chi connectivity index (χ3n) is 6.22. The summed E-state index contributed by atoms with van der Waals surface area (Å²) in [6.45, 7) is 1.20. The molecule has 0 aliphatic carbocycles. The predicted octanol–water partition coefficient (Wildman–Crippen LogP) is 6.80. The lowest BCUT2D eigenvalue weighted by Gasteiger charge is -2.19. The maximum atomic E-state index is 5.33. The first-order valence-electron chi connectivity index (χ1n) is 11.6. The molecule has 0 radical (unpaired) electrons. The summed E-state index contributed by atoms with van der Waals surface area (Å²) < 4.78 is 12.8. The minimum Gasteiger partial charge on any atom is -0.380 e. The number of methoxy groups -OCH3 is 2. The van der Waals surface area contributed by atoms with Gasteiger partial charge in [-0.2, -0.15) is 5.10 Å². The molecule has 0 N–H and O–H groups in total. The molecule has 5 nitrogen and oxygen atoms in total. The standard InChI is InChI=1S/C30H29N3O2/c1-32-29-16-12-24(21-35-3)17-28(29)27-15-11-23(18-30(27)32)19-31-33(25-7-5-4-6-8-25)26-13-9-22(10-14-26)20-34-2/h4-19H,20-21H2,1-3H3. The molecule has 0 spiro atoms. The van der Waals surface area contributed by atoms with Crippen molar-refractivity contribution in [3.8, 4) is 0 Å². The van der Waals surface area contributed by atoms with E-state index in [2.05, 4.69) is 84.4 Å². The van der Waals surface area contributed by atoms with Gasteiger partial charge < -0.3 is 14.0 Å². The Kier molecular flexibility index (Phi) is 6.62. The molecule has 1 aromatic heterocycles. The minimum absolute atomic E-state index is 0.590. The number of fused-ring (bicyclic) bond motifs is 3. The van der Waals surface area contributed by atoms with E-state index in [9.17, 15) is 0 Å². The second-order valence-electron chi connectivity index (χ2n) is 8.61. The van der Waals surface area contributed by atoms with Crippen molar-refractivity contribution in [1.29, 1.82) is 0 Å². The van der Waals surface area contributed by atoms with Crippen LogP contribution in [0.5, 0.6) is 0 Å². The van der Waals surface area contributed by atoms with Gasteiger partial charge in [0.05, 0.1) is 30.8 Å². The first kappa shape index (κ1) is 22.8. The summed E-state index contributed by atoms with van der Waals surface area (Å²) >= 11 is 0. The molecule has 5 heteroatoms. The molecule has 0 saturated heterocycles. The van der Waals surface area contributed by atoms with Gasteiger partial charge in [0, 0.05) is 43.1 Å². The highest BCUT2D eigenvalue weighted by Gasteiger charge is 2.11. The number of benzene rings is 4. The molecule has 0 fully saturated rings. The van der Waals surface area contributed by atoms with Crippen molar-refractivity contribution < 1.29 is 9.47 Å². The largest absolute Gasteiger partial charge is 0.380 e. The molecule has 0 aliphatic heterocycles. The molecular weight excluding hydrogens is 434 g/mol. The fourth-order valence-electron chi connectivity index (χ4n) is 4.49. The number of rotatable bonds is 8. The zero-order chi connectivity index (χ0) is 24.2. The molecule has 176 valence electrons. The molecule has 5 rings (SSSR count). The number of anilines is 2. The van der Waals surface area contributed by atoms with E-state index < -0.39 is 0 Å². The molecule has 0 amide bonds. The maximum absolute atomic E-state index is 5.33. The van der Waals surface area contributed by atoms with Gasteiger partial charge in [-0.25, -0.2) is 5.01 Å². The molecule has 0 aliphatic rings. The summed E-state index contributed by atoms with van der Waals surface area (Å²) in [7, 11) is 5.55. The van der Waals surface area contributed by atoms with Crippen LogP contribution in [0.4, 0.5) is 11.4 Å². The fraction of sp³-hybridized carbons (Fsp3) is 0.167. The Labute approximate surface area is 205 Å². The Balaban J connectivity index is 1.52. The third kappa shape index (κ3) is 4.69. The van der Waals surface area contributed by atoms with Crippen molar-refractivity contribution in [3.05, 3.63) is 108 Å². The molecule has 0 saturated carbocycles. The molecule has 35 heavy (non-hydrogen) atoms. The lowest BCUT2D eigenvalue weighted by molar-refractivity contribution is 0.185. The van der Waals surface area contributed by atoms with Gasteiger partial charge in [-0.05, 0) is 59.2 Å². The van der Waals surface area contributed by atoms with E-state index in [0.717, 1.165) is 22.5 Å². The molecule has 0 atom stereocenters. The van der Waals surface area contributed by atoms with Gasteiger partial charge in [0.1, 0.15) is 0 Å². The SMILES string of the molecule is COCc1ccc(N(N=Cc2ccc3c4cc(COC)ccc4n(C)c3c2)c2ccccc2)cc1. The van der Waals surface area contributed by atoms with Crippen LogP contribution >= 0.6 is 0 Å². The van der Waals surface area contributed by atoms with Crippen LogP contribution < -0.4 is 5.01 Å². The second kappa shape index (κ2) is 10.1. The Morgan fingerprint density at radius 2 is 1.40 bits per heavy atom. The van der Waals surface area contributed by atoms with Crippen molar-refractivity contribution in [3.63, 3.8) is 0 Å². The molecule has 0 bridgehead atoms. The smallest absolute Gasteiger partial charge is 0.0713 e. The molecule has 0 unspecified atom stereocenters. The Morgan fingerprint density at radius 3 is 2.14 bits per heavy atom. The van der Waals surface area contributed by atoms with Crippen LogP contribution in [0.1, 0.15) is 16.7 Å². The number of aromatic nitrogens is 1. The van der Waals surface area contributed by atoms with Crippen LogP contribution in [-0.2, 0) is 29.7 Å². The number of aryl methyl sites for hydroxylation is 1. The van der Waals surface area contributed by atoms with E-state index in [1.54, 1.807) is 14.2 Å². The average Bonchev–Trinajstić information content (AvgIpc) is 3.17. The first-order chi connectivity index (χ1) is 17.2. The Morgan fingerprint density at radius 1 is 0.714 bits per heavy atom. The highest BCUT2D eigenvalue weighted by atomic mass is 16.5. The van der Waals surface area contributed by atoms with Crippen LogP contribution in [0.2, 0.25) is 0 Å². The van der Waals surface area contributed by atoms with Crippen molar-refractivity contribution in [2.45, 2.75) is 13.2 Å². The first-order valence-corrected chi connectivity index (χ1v) is 11.6. The van der Waals surface area contributed by atoms with Gasteiger partial charge in [0.25, 0.3) is 0 Å². The summed E-state index contributed by atoms with van der Waals surface area (Å²) in [4.78, 5) is 0. The average molecular weight is 464 g/mol. The summed E-state index contributed by atoms with van der Waals surface area (Å²) in [6.07, 6.45) is 1.92. The Hall–Kier alpha value is -3.93. The quantitative estimate of drug-likeness (QED) is 0.188.